The summed E-state index contributed by atoms with van der Waals surface area (Å²) in [4.78, 5) is 0. The lowest BCUT2D eigenvalue weighted by Crippen LogP contribution is -2.40. The number of halogens is 3. The van der Waals surface area contributed by atoms with E-state index in [4.69, 9.17) is 11.6 Å². The van der Waals surface area contributed by atoms with Crippen molar-refractivity contribution < 1.29 is 0 Å². The number of aromatic nitrogens is 2. The van der Waals surface area contributed by atoms with E-state index in [1.165, 1.54) is 16.7 Å². The average Bonchev–Trinajstić information content (AvgIpc) is 3.18. The first-order chi connectivity index (χ1) is 11.8. The Bertz CT molecular complexity index is 793. The Kier molecular flexibility index (Phi) is 7.13. The fourth-order valence-corrected chi connectivity index (χ4v) is 3.88. The van der Waals surface area contributed by atoms with Crippen molar-refractivity contribution in [1.82, 2.24) is 15.5 Å². The summed E-state index contributed by atoms with van der Waals surface area (Å²) in [5, 5.41) is 11.2. The van der Waals surface area contributed by atoms with E-state index in [2.05, 4.69) is 51.9 Å². The third-order valence-corrected chi connectivity index (χ3v) is 5.37. The molecule has 1 aromatic heterocycles. The zero-order valence-corrected chi connectivity index (χ0v) is 16.6. The highest BCUT2D eigenvalue weighted by atomic mass is 35.5. The number of hydrogen-bond acceptors (Lipinski definition) is 2. The smallest absolute Gasteiger partial charge is 0.0565 e. The van der Waals surface area contributed by atoms with Crippen LogP contribution in [0.5, 0.6) is 0 Å². The number of rotatable bonds is 3. The Morgan fingerprint density at radius 3 is 1.92 bits per heavy atom. The largest absolute Gasteiger partial charge is 0.317 e. The normalized spacial score (nSPS) is 15.6. The molecule has 6 heteroatoms. The summed E-state index contributed by atoms with van der Waals surface area (Å²) in [5.74, 6) is 0. The summed E-state index contributed by atoms with van der Waals surface area (Å²) in [5.41, 5.74) is 5.09. The molecule has 0 amide bonds. The van der Waals surface area contributed by atoms with Crippen molar-refractivity contribution in [2.75, 3.05) is 13.1 Å². The third kappa shape index (κ3) is 3.91. The quantitative estimate of drug-likeness (QED) is 0.619. The van der Waals surface area contributed by atoms with Gasteiger partial charge in [-0.3, -0.25) is 5.10 Å². The van der Waals surface area contributed by atoms with Gasteiger partial charge in [0.1, 0.15) is 0 Å². The van der Waals surface area contributed by atoms with Crippen molar-refractivity contribution in [3.05, 3.63) is 77.1 Å². The van der Waals surface area contributed by atoms with Crippen LogP contribution in [0.2, 0.25) is 5.02 Å². The molecule has 2 aromatic carbocycles. The van der Waals surface area contributed by atoms with Crippen LogP contribution in [0.4, 0.5) is 0 Å². The second-order valence-corrected chi connectivity index (χ2v) is 6.84. The molecular weight excluding hydrogens is 389 g/mol. The number of nitrogens with one attached hydrogen (secondary N) is 2. The van der Waals surface area contributed by atoms with Gasteiger partial charge in [0.05, 0.1) is 6.20 Å². The van der Waals surface area contributed by atoms with Crippen molar-refractivity contribution in [2.45, 2.75) is 18.3 Å². The van der Waals surface area contributed by atoms with Crippen molar-refractivity contribution in [1.29, 1.82) is 0 Å². The van der Waals surface area contributed by atoms with Crippen LogP contribution in [0, 0.1) is 0 Å². The van der Waals surface area contributed by atoms with Gasteiger partial charge in [-0.05, 0) is 54.8 Å². The number of aromatic amines is 1. The molecule has 0 aliphatic carbocycles. The molecule has 0 radical (unpaired) electrons. The van der Waals surface area contributed by atoms with Gasteiger partial charge in [-0.15, -0.1) is 24.8 Å². The van der Waals surface area contributed by atoms with Gasteiger partial charge in [0.25, 0.3) is 0 Å². The first kappa shape index (κ1) is 20.8. The molecular formula is C20H22Cl3N3. The van der Waals surface area contributed by atoms with E-state index in [9.17, 15) is 0 Å². The number of nitrogens with zero attached hydrogens (tertiary/aromatic N) is 1. The molecule has 0 saturated carbocycles. The van der Waals surface area contributed by atoms with Gasteiger partial charge in [-0.25, -0.2) is 0 Å². The number of piperidine rings is 1. The van der Waals surface area contributed by atoms with Crippen LogP contribution >= 0.6 is 36.4 Å². The Hall–Kier alpha value is -1.52. The number of hydrogen-bond donors (Lipinski definition) is 2. The molecule has 1 saturated heterocycles. The minimum Gasteiger partial charge on any atom is -0.317 e. The molecule has 2 heterocycles. The zero-order chi connectivity index (χ0) is 16.4. The Morgan fingerprint density at radius 2 is 1.38 bits per heavy atom. The van der Waals surface area contributed by atoms with E-state index in [-0.39, 0.29) is 30.2 Å². The standard InChI is InChI=1S/C20H20ClN3.2ClH/c21-19-7-5-18(6-8-19)20(9-11-22-12-10-20)17-3-1-15(2-4-17)16-13-23-24-14-16;;/h1-8,13-14,22H,9-12H2,(H,23,24);2*1H. The van der Waals surface area contributed by atoms with Crippen LogP contribution in [-0.2, 0) is 5.41 Å². The van der Waals surface area contributed by atoms with Crippen LogP contribution in [0.3, 0.4) is 0 Å². The summed E-state index contributed by atoms with van der Waals surface area (Å²) in [6.45, 7) is 2.07. The molecule has 3 aromatic rings. The second-order valence-electron chi connectivity index (χ2n) is 6.40. The van der Waals surface area contributed by atoms with Crippen LogP contribution in [0.25, 0.3) is 11.1 Å². The topological polar surface area (TPSA) is 40.7 Å². The van der Waals surface area contributed by atoms with Gasteiger partial charge in [-0.2, -0.15) is 5.10 Å². The van der Waals surface area contributed by atoms with Crippen molar-refractivity contribution in [2.24, 2.45) is 0 Å². The van der Waals surface area contributed by atoms with Crippen LogP contribution in [-0.4, -0.2) is 23.3 Å². The number of H-pyrrole nitrogens is 1. The lowest BCUT2D eigenvalue weighted by atomic mass is 9.68. The molecule has 138 valence electrons. The summed E-state index contributed by atoms with van der Waals surface area (Å²) in [6.07, 6.45) is 5.97. The molecule has 3 nitrogen and oxygen atoms in total. The zero-order valence-electron chi connectivity index (χ0n) is 14.2. The Labute approximate surface area is 171 Å². The minimum absolute atomic E-state index is 0. The summed E-state index contributed by atoms with van der Waals surface area (Å²) in [7, 11) is 0. The Balaban J connectivity index is 0.00000121. The first-order valence-electron chi connectivity index (χ1n) is 8.34. The summed E-state index contributed by atoms with van der Waals surface area (Å²) < 4.78 is 0. The van der Waals surface area contributed by atoms with E-state index >= 15 is 0 Å². The maximum Gasteiger partial charge on any atom is 0.0565 e. The molecule has 1 fully saturated rings. The molecule has 4 rings (SSSR count). The fraction of sp³-hybridized carbons (Fsp3) is 0.250. The van der Waals surface area contributed by atoms with Crippen molar-refractivity contribution in [3.63, 3.8) is 0 Å². The Morgan fingerprint density at radius 1 is 0.808 bits per heavy atom. The number of benzene rings is 2. The molecule has 0 spiro atoms. The van der Waals surface area contributed by atoms with Crippen molar-refractivity contribution >= 4 is 36.4 Å². The summed E-state index contributed by atoms with van der Waals surface area (Å²) in [6, 6.07) is 17.3. The highest BCUT2D eigenvalue weighted by molar-refractivity contribution is 6.30. The van der Waals surface area contributed by atoms with E-state index in [1.54, 1.807) is 0 Å². The van der Waals surface area contributed by atoms with E-state index in [1.807, 2.05) is 24.5 Å². The van der Waals surface area contributed by atoms with Gasteiger partial charge in [-0.1, -0.05) is 48.0 Å². The first-order valence-corrected chi connectivity index (χ1v) is 8.72. The van der Waals surface area contributed by atoms with E-state index in [0.29, 0.717) is 0 Å². The highest BCUT2D eigenvalue weighted by Gasteiger charge is 2.35. The SMILES string of the molecule is Cl.Cl.Clc1ccc(C2(c3ccc(-c4cn[nH]c4)cc3)CCNCC2)cc1. The summed E-state index contributed by atoms with van der Waals surface area (Å²) >= 11 is 6.10. The van der Waals surface area contributed by atoms with E-state index < -0.39 is 0 Å². The lowest BCUT2D eigenvalue weighted by Gasteiger charge is -2.39. The maximum absolute atomic E-state index is 6.10. The second kappa shape index (κ2) is 8.92. The maximum atomic E-state index is 6.10. The molecule has 26 heavy (non-hydrogen) atoms. The fourth-order valence-electron chi connectivity index (χ4n) is 3.76. The molecule has 0 bridgehead atoms. The van der Waals surface area contributed by atoms with Crippen LogP contribution in [0.1, 0.15) is 24.0 Å². The highest BCUT2D eigenvalue weighted by Crippen LogP contribution is 2.41. The minimum atomic E-state index is 0. The molecule has 2 N–H and O–H groups in total. The predicted molar refractivity (Wildman–Crippen MR) is 113 cm³/mol. The van der Waals surface area contributed by atoms with Crippen LogP contribution in [0.15, 0.2) is 60.9 Å². The molecule has 0 atom stereocenters. The monoisotopic (exact) mass is 409 g/mol. The van der Waals surface area contributed by atoms with Gasteiger partial charge < -0.3 is 5.32 Å². The molecule has 0 unspecified atom stereocenters. The van der Waals surface area contributed by atoms with Gasteiger partial charge in [0.2, 0.25) is 0 Å². The van der Waals surface area contributed by atoms with Crippen molar-refractivity contribution in [3.8, 4) is 11.1 Å². The molecule has 1 aliphatic rings. The lowest BCUT2D eigenvalue weighted by molar-refractivity contribution is 0.362. The van der Waals surface area contributed by atoms with Gasteiger partial charge in [0, 0.05) is 22.2 Å². The van der Waals surface area contributed by atoms with E-state index in [0.717, 1.165) is 36.5 Å². The van der Waals surface area contributed by atoms with Crippen LogP contribution < -0.4 is 5.32 Å². The average molecular weight is 411 g/mol. The van der Waals surface area contributed by atoms with Gasteiger partial charge >= 0.3 is 0 Å². The third-order valence-electron chi connectivity index (χ3n) is 5.12. The predicted octanol–water partition coefficient (Wildman–Crippen LogP) is 5.24. The van der Waals surface area contributed by atoms with Gasteiger partial charge in [0.15, 0.2) is 0 Å². The molecule has 1 aliphatic heterocycles.